The number of nitrogens with one attached hydrogen (secondary N) is 1. The molecule has 0 aliphatic carbocycles. The Balaban J connectivity index is 1.84. The lowest BCUT2D eigenvalue weighted by Crippen LogP contribution is -2.31. The minimum absolute atomic E-state index is 0.545. The van der Waals surface area contributed by atoms with Crippen molar-refractivity contribution >= 4 is 12.2 Å². The van der Waals surface area contributed by atoms with Crippen LogP contribution in [-0.4, -0.2) is 42.7 Å². The zero-order valence-electron chi connectivity index (χ0n) is 14.1. The molecule has 0 saturated heterocycles. The maximum atomic E-state index is 5.57. The van der Waals surface area contributed by atoms with Crippen molar-refractivity contribution in [2.45, 2.75) is 19.5 Å². The summed E-state index contributed by atoms with van der Waals surface area (Å²) in [6, 6.07) is 3.93. The summed E-state index contributed by atoms with van der Waals surface area (Å²) in [6.07, 6.45) is 2.79. The standard InChI is InChI=1S/C17H21N3O3S/c1-21-14-5-4-11(15(22-2)16(14)23-3)9-20-7-6-13-12(10-20)8-18-17(24)19-13/h4-5,8H,6-7,9-10H2,1-3H3,(H,18,19,24). The molecule has 2 aromatic rings. The van der Waals surface area contributed by atoms with E-state index in [0.717, 1.165) is 31.6 Å². The third-order valence-corrected chi connectivity index (χ3v) is 4.44. The molecule has 1 aliphatic heterocycles. The zero-order valence-corrected chi connectivity index (χ0v) is 14.9. The average molecular weight is 347 g/mol. The minimum Gasteiger partial charge on any atom is -0.493 e. The second kappa shape index (κ2) is 7.19. The Kier molecular flexibility index (Phi) is 5.01. The van der Waals surface area contributed by atoms with Gasteiger partial charge < -0.3 is 19.2 Å². The van der Waals surface area contributed by atoms with Gasteiger partial charge in [0.15, 0.2) is 16.3 Å². The Hall–Kier alpha value is -2.12. The van der Waals surface area contributed by atoms with E-state index in [1.165, 1.54) is 11.3 Å². The number of benzene rings is 1. The highest BCUT2D eigenvalue weighted by atomic mass is 32.1. The van der Waals surface area contributed by atoms with Crippen LogP contribution in [0.3, 0.4) is 0 Å². The van der Waals surface area contributed by atoms with Crippen molar-refractivity contribution in [3.05, 3.63) is 39.9 Å². The Morgan fingerprint density at radius 2 is 1.96 bits per heavy atom. The number of aromatic amines is 1. The van der Waals surface area contributed by atoms with Gasteiger partial charge in [0.2, 0.25) is 5.75 Å². The van der Waals surface area contributed by atoms with Crippen LogP contribution >= 0.6 is 12.2 Å². The maximum absolute atomic E-state index is 5.57. The Labute approximate surface area is 146 Å². The molecule has 0 amide bonds. The summed E-state index contributed by atoms with van der Waals surface area (Å²) in [6.45, 7) is 2.53. The number of aromatic nitrogens is 2. The molecule has 0 atom stereocenters. The molecule has 0 radical (unpaired) electrons. The van der Waals surface area contributed by atoms with E-state index in [0.29, 0.717) is 22.0 Å². The lowest BCUT2D eigenvalue weighted by molar-refractivity contribution is 0.237. The molecule has 0 fully saturated rings. The normalized spacial score (nSPS) is 14.1. The van der Waals surface area contributed by atoms with Crippen molar-refractivity contribution in [1.82, 2.24) is 14.9 Å². The second-order valence-corrected chi connectivity index (χ2v) is 6.03. The lowest BCUT2D eigenvalue weighted by atomic mass is 10.1. The number of nitrogens with zero attached hydrogens (tertiary/aromatic N) is 2. The summed E-state index contributed by atoms with van der Waals surface area (Å²) >= 11 is 5.09. The Morgan fingerprint density at radius 1 is 1.17 bits per heavy atom. The molecule has 1 aliphatic rings. The van der Waals surface area contributed by atoms with E-state index in [1.54, 1.807) is 21.3 Å². The number of H-pyrrole nitrogens is 1. The van der Waals surface area contributed by atoms with E-state index in [1.807, 2.05) is 18.3 Å². The molecule has 0 unspecified atom stereocenters. The molecule has 24 heavy (non-hydrogen) atoms. The van der Waals surface area contributed by atoms with E-state index in [9.17, 15) is 0 Å². The maximum Gasteiger partial charge on any atom is 0.203 e. The van der Waals surface area contributed by atoms with E-state index >= 15 is 0 Å². The molecule has 128 valence electrons. The smallest absolute Gasteiger partial charge is 0.203 e. The molecule has 2 heterocycles. The van der Waals surface area contributed by atoms with Gasteiger partial charge in [-0.1, -0.05) is 6.07 Å². The van der Waals surface area contributed by atoms with E-state index < -0.39 is 0 Å². The number of fused-ring (bicyclic) bond motifs is 1. The molecule has 0 saturated carbocycles. The zero-order chi connectivity index (χ0) is 17.1. The SMILES string of the molecule is COc1ccc(CN2CCc3[nH]c(=S)ncc3C2)c(OC)c1OC. The predicted molar refractivity (Wildman–Crippen MR) is 93.3 cm³/mol. The topological polar surface area (TPSA) is 59.6 Å². The van der Waals surface area contributed by atoms with Gasteiger partial charge in [-0.05, 0) is 18.3 Å². The number of rotatable bonds is 5. The van der Waals surface area contributed by atoms with Gasteiger partial charge in [0.05, 0.1) is 21.3 Å². The fourth-order valence-electron chi connectivity index (χ4n) is 3.07. The fourth-order valence-corrected chi connectivity index (χ4v) is 3.24. The number of hydrogen-bond acceptors (Lipinski definition) is 6. The van der Waals surface area contributed by atoms with Gasteiger partial charge in [0.1, 0.15) is 0 Å². The Morgan fingerprint density at radius 3 is 2.67 bits per heavy atom. The van der Waals surface area contributed by atoms with Gasteiger partial charge in [0.25, 0.3) is 0 Å². The highest BCUT2D eigenvalue weighted by Gasteiger charge is 2.21. The van der Waals surface area contributed by atoms with Crippen molar-refractivity contribution in [3.63, 3.8) is 0 Å². The van der Waals surface area contributed by atoms with Gasteiger partial charge >= 0.3 is 0 Å². The van der Waals surface area contributed by atoms with Crippen molar-refractivity contribution in [3.8, 4) is 17.2 Å². The average Bonchev–Trinajstić information content (AvgIpc) is 2.61. The molecule has 1 aromatic carbocycles. The molecular formula is C17H21N3O3S. The lowest BCUT2D eigenvalue weighted by Gasteiger charge is -2.29. The summed E-state index contributed by atoms with van der Waals surface area (Å²) in [4.78, 5) is 9.72. The van der Waals surface area contributed by atoms with E-state index in [4.69, 9.17) is 26.4 Å². The first kappa shape index (κ1) is 16.7. The molecule has 7 heteroatoms. The largest absolute Gasteiger partial charge is 0.493 e. The predicted octanol–water partition coefficient (Wildman–Crippen LogP) is 2.72. The highest BCUT2D eigenvalue weighted by molar-refractivity contribution is 7.71. The van der Waals surface area contributed by atoms with Crippen LogP contribution in [0.15, 0.2) is 18.3 Å². The van der Waals surface area contributed by atoms with Gasteiger partial charge in [-0.2, -0.15) is 0 Å². The van der Waals surface area contributed by atoms with Crippen LogP contribution in [0.25, 0.3) is 0 Å². The summed E-state index contributed by atoms with van der Waals surface area (Å²) < 4.78 is 16.9. The molecular weight excluding hydrogens is 326 g/mol. The first-order valence-electron chi connectivity index (χ1n) is 7.73. The van der Waals surface area contributed by atoms with Gasteiger partial charge in [-0.25, -0.2) is 4.98 Å². The fraction of sp³-hybridized carbons (Fsp3) is 0.412. The van der Waals surface area contributed by atoms with Crippen LogP contribution in [0.1, 0.15) is 16.8 Å². The third-order valence-electron chi connectivity index (χ3n) is 4.23. The molecule has 3 rings (SSSR count). The molecule has 0 bridgehead atoms. The van der Waals surface area contributed by atoms with Crippen LogP contribution in [0.2, 0.25) is 0 Å². The number of methoxy groups -OCH3 is 3. The quantitative estimate of drug-likeness (QED) is 0.839. The molecule has 1 aromatic heterocycles. The van der Waals surface area contributed by atoms with Crippen LogP contribution in [-0.2, 0) is 19.5 Å². The number of ether oxygens (including phenoxy) is 3. The third kappa shape index (κ3) is 3.22. The number of hydrogen-bond donors (Lipinski definition) is 1. The van der Waals surface area contributed by atoms with Crippen molar-refractivity contribution in [2.75, 3.05) is 27.9 Å². The summed E-state index contributed by atoms with van der Waals surface area (Å²) in [5, 5.41) is 0. The monoisotopic (exact) mass is 347 g/mol. The van der Waals surface area contributed by atoms with Crippen LogP contribution in [0.4, 0.5) is 0 Å². The van der Waals surface area contributed by atoms with Gasteiger partial charge in [-0.3, -0.25) is 4.90 Å². The van der Waals surface area contributed by atoms with Crippen molar-refractivity contribution in [1.29, 1.82) is 0 Å². The molecule has 1 N–H and O–H groups in total. The van der Waals surface area contributed by atoms with E-state index in [2.05, 4.69) is 14.9 Å². The van der Waals surface area contributed by atoms with Crippen molar-refractivity contribution < 1.29 is 14.2 Å². The van der Waals surface area contributed by atoms with Crippen LogP contribution < -0.4 is 14.2 Å². The second-order valence-electron chi connectivity index (χ2n) is 5.65. The van der Waals surface area contributed by atoms with Gasteiger partial charge in [0, 0.05) is 49.1 Å². The summed E-state index contributed by atoms with van der Waals surface area (Å²) in [5.74, 6) is 2.01. The highest BCUT2D eigenvalue weighted by Crippen LogP contribution is 2.40. The summed E-state index contributed by atoms with van der Waals surface area (Å²) in [7, 11) is 4.89. The Bertz CT molecular complexity index is 791. The molecule has 6 nitrogen and oxygen atoms in total. The van der Waals surface area contributed by atoms with Gasteiger partial charge in [-0.15, -0.1) is 0 Å². The van der Waals surface area contributed by atoms with Crippen LogP contribution in [0, 0.1) is 4.77 Å². The van der Waals surface area contributed by atoms with Crippen molar-refractivity contribution in [2.24, 2.45) is 0 Å². The first-order valence-corrected chi connectivity index (χ1v) is 8.14. The summed E-state index contributed by atoms with van der Waals surface area (Å²) in [5.41, 5.74) is 3.44. The minimum atomic E-state index is 0.545. The van der Waals surface area contributed by atoms with Crippen LogP contribution in [0.5, 0.6) is 17.2 Å². The molecule has 0 spiro atoms. The first-order chi connectivity index (χ1) is 11.7. The van der Waals surface area contributed by atoms with E-state index in [-0.39, 0.29) is 0 Å².